The summed E-state index contributed by atoms with van der Waals surface area (Å²) >= 11 is 3.35. The monoisotopic (exact) mass is 300 g/mol. The number of hydrogen-bond acceptors (Lipinski definition) is 2. The molecule has 0 aromatic heterocycles. The highest BCUT2D eigenvalue weighted by molar-refractivity contribution is 9.10. The van der Waals surface area contributed by atoms with E-state index in [9.17, 15) is 4.79 Å². The van der Waals surface area contributed by atoms with Crippen LogP contribution in [0, 0.1) is 0 Å². The SMILES string of the molecule is CCCCNC(=O)Nc1cc(Br)ccc1OC. The summed E-state index contributed by atoms with van der Waals surface area (Å²) in [7, 11) is 1.57. The van der Waals surface area contributed by atoms with Crippen LogP contribution >= 0.6 is 15.9 Å². The summed E-state index contributed by atoms with van der Waals surface area (Å²) in [4.78, 5) is 11.6. The largest absolute Gasteiger partial charge is 0.495 e. The second-order valence-electron chi connectivity index (χ2n) is 3.58. The lowest BCUT2D eigenvalue weighted by molar-refractivity contribution is 0.252. The van der Waals surface area contributed by atoms with Crippen molar-refractivity contribution in [3.63, 3.8) is 0 Å². The van der Waals surface area contributed by atoms with E-state index in [2.05, 4.69) is 33.5 Å². The van der Waals surface area contributed by atoms with Gasteiger partial charge in [-0.25, -0.2) is 4.79 Å². The number of unbranched alkanes of at least 4 members (excludes halogenated alkanes) is 1. The van der Waals surface area contributed by atoms with E-state index in [0.29, 0.717) is 18.0 Å². The van der Waals surface area contributed by atoms with Gasteiger partial charge in [0.1, 0.15) is 5.75 Å². The summed E-state index contributed by atoms with van der Waals surface area (Å²) in [6.07, 6.45) is 2.03. The third kappa shape index (κ3) is 4.65. The number of carbonyl (C=O) groups is 1. The molecule has 0 saturated carbocycles. The number of benzene rings is 1. The average Bonchev–Trinajstić information content (AvgIpc) is 2.29. The zero-order chi connectivity index (χ0) is 12.7. The fraction of sp³-hybridized carbons (Fsp3) is 0.417. The first-order valence-corrected chi connectivity index (χ1v) is 6.35. The summed E-state index contributed by atoms with van der Waals surface area (Å²) in [5, 5.41) is 5.54. The van der Waals surface area contributed by atoms with Gasteiger partial charge in [-0.05, 0) is 24.6 Å². The first kappa shape index (κ1) is 13.8. The van der Waals surface area contributed by atoms with E-state index in [-0.39, 0.29) is 6.03 Å². The maximum absolute atomic E-state index is 11.6. The molecule has 0 unspecified atom stereocenters. The van der Waals surface area contributed by atoms with Gasteiger partial charge in [-0.15, -0.1) is 0 Å². The molecular weight excluding hydrogens is 284 g/mol. The van der Waals surface area contributed by atoms with Crippen molar-refractivity contribution in [2.45, 2.75) is 19.8 Å². The molecule has 94 valence electrons. The molecule has 0 atom stereocenters. The van der Waals surface area contributed by atoms with Gasteiger partial charge < -0.3 is 15.4 Å². The second kappa shape index (κ2) is 7.17. The number of anilines is 1. The first-order valence-electron chi connectivity index (χ1n) is 5.55. The molecule has 0 saturated heterocycles. The van der Waals surface area contributed by atoms with E-state index in [1.165, 1.54) is 0 Å². The van der Waals surface area contributed by atoms with Gasteiger partial charge in [0, 0.05) is 11.0 Å². The summed E-state index contributed by atoms with van der Waals surface area (Å²) in [5.74, 6) is 0.638. The standard InChI is InChI=1S/C12H17BrN2O2/c1-3-4-7-14-12(16)15-10-8-9(13)5-6-11(10)17-2/h5-6,8H,3-4,7H2,1-2H3,(H2,14,15,16). The minimum Gasteiger partial charge on any atom is -0.495 e. The third-order valence-corrected chi connectivity index (χ3v) is 2.72. The number of methoxy groups -OCH3 is 1. The number of ether oxygens (including phenoxy) is 1. The molecule has 17 heavy (non-hydrogen) atoms. The fourth-order valence-electron chi connectivity index (χ4n) is 1.32. The Kier molecular flexibility index (Phi) is 5.83. The average molecular weight is 301 g/mol. The molecule has 2 amide bonds. The fourth-order valence-corrected chi connectivity index (χ4v) is 1.68. The molecule has 2 N–H and O–H groups in total. The normalized spacial score (nSPS) is 9.82. The Balaban J connectivity index is 2.60. The quantitative estimate of drug-likeness (QED) is 0.819. The van der Waals surface area contributed by atoms with Crippen molar-refractivity contribution < 1.29 is 9.53 Å². The van der Waals surface area contributed by atoms with Crippen LogP contribution in [0.15, 0.2) is 22.7 Å². The molecule has 1 aromatic carbocycles. The van der Waals surface area contributed by atoms with E-state index in [0.717, 1.165) is 17.3 Å². The lowest BCUT2D eigenvalue weighted by atomic mass is 10.3. The van der Waals surface area contributed by atoms with E-state index in [1.54, 1.807) is 19.2 Å². The maximum atomic E-state index is 11.6. The Morgan fingerprint density at radius 2 is 2.24 bits per heavy atom. The highest BCUT2D eigenvalue weighted by Gasteiger charge is 2.07. The summed E-state index contributed by atoms with van der Waals surface area (Å²) in [6, 6.07) is 5.25. The van der Waals surface area contributed by atoms with Crippen LogP contribution in [0.2, 0.25) is 0 Å². The molecule has 0 fully saturated rings. The highest BCUT2D eigenvalue weighted by Crippen LogP contribution is 2.27. The van der Waals surface area contributed by atoms with Crippen molar-refractivity contribution >= 4 is 27.6 Å². The molecule has 0 aliphatic rings. The minimum absolute atomic E-state index is 0.213. The summed E-state index contributed by atoms with van der Waals surface area (Å²) in [5.41, 5.74) is 0.649. The van der Waals surface area contributed by atoms with Gasteiger partial charge in [0.15, 0.2) is 0 Å². The topological polar surface area (TPSA) is 50.4 Å². The third-order valence-electron chi connectivity index (χ3n) is 2.23. The van der Waals surface area contributed by atoms with Gasteiger partial charge in [-0.3, -0.25) is 0 Å². The molecule has 0 radical (unpaired) electrons. The number of urea groups is 1. The van der Waals surface area contributed by atoms with Crippen LogP contribution in [-0.4, -0.2) is 19.7 Å². The second-order valence-corrected chi connectivity index (χ2v) is 4.49. The van der Waals surface area contributed by atoms with Crippen LogP contribution < -0.4 is 15.4 Å². The van der Waals surface area contributed by atoms with Gasteiger partial charge >= 0.3 is 6.03 Å². The Morgan fingerprint density at radius 3 is 2.88 bits per heavy atom. The van der Waals surface area contributed by atoms with Crippen molar-refractivity contribution in [3.8, 4) is 5.75 Å². The van der Waals surface area contributed by atoms with E-state index < -0.39 is 0 Å². The number of hydrogen-bond donors (Lipinski definition) is 2. The molecule has 0 spiro atoms. The van der Waals surface area contributed by atoms with Gasteiger partial charge in [-0.2, -0.15) is 0 Å². The lowest BCUT2D eigenvalue weighted by Crippen LogP contribution is -2.29. The Labute approximate surface area is 110 Å². The number of halogens is 1. The molecule has 0 aliphatic heterocycles. The predicted molar refractivity (Wildman–Crippen MR) is 72.6 cm³/mol. The van der Waals surface area contributed by atoms with Crippen LogP contribution in [-0.2, 0) is 0 Å². The highest BCUT2D eigenvalue weighted by atomic mass is 79.9. The molecule has 1 rings (SSSR count). The van der Waals surface area contributed by atoms with Crippen molar-refractivity contribution in [2.75, 3.05) is 19.0 Å². The number of rotatable bonds is 5. The van der Waals surface area contributed by atoms with Crippen LogP contribution in [0.1, 0.15) is 19.8 Å². The number of amides is 2. The van der Waals surface area contributed by atoms with Crippen LogP contribution in [0.5, 0.6) is 5.75 Å². The molecular formula is C12H17BrN2O2. The lowest BCUT2D eigenvalue weighted by Gasteiger charge is -2.11. The maximum Gasteiger partial charge on any atom is 0.319 e. The Hall–Kier alpha value is -1.23. The van der Waals surface area contributed by atoms with Gasteiger partial charge in [0.25, 0.3) is 0 Å². The summed E-state index contributed by atoms with van der Waals surface area (Å²) < 4.78 is 6.05. The molecule has 1 aromatic rings. The first-order chi connectivity index (χ1) is 8.17. The molecule has 0 bridgehead atoms. The van der Waals surface area contributed by atoms with Crippen LogP contribution in [0.3, 0.4) is 0 Å². The van der Waals surface area contributed by atoms with Crippen molar-refractivity contribution in [3.05, 3.63) is 22.7 Å². The van der Waals surface area contributed by atoms with Gasteiger partial charge in [0.05, 0.1) is 12.8 Å². The Morgan fingerprint density at radius 1 is 1.47 bits per heavy atom. The van der Waals surface area contributed by atoms with Crippen molar-refractivity contribution in [2.24, 2.45) is 0 Å². The minimum atomic E-state index is -0.213. The van der Waals surface area contributed by atoms with E-state index in [1.807, 2.05) is 6.07 Å². The smallest absolute Gasteiger partial charge is 0.319 e. The van der Waals surface area contributed by atoms with Crippen LogP contribution in [0.4, 0.5) is 10.5 Å². The Bertz CT molecular complexity index is 383. The van der Waals surface area contributed by atoms with Gasteiger partial charge in [-0.1, -0.05) is 29.3 Å². The molecule has 5 heteroatoms. The van der Waals surface area contributed by atoms with Crippen molar-refractivity contribution in [1.82, 2.24) is 5.32 Å². The zero-order valence-corrected chi connectivity index (χ0v) is 11.6. The molecule has 0 heterocycles. The van der Waals surface area contributed by atoms with E-state index in [4.69, 9.17) is 4.74 Å². The number of carbonyl (C=O) groups excluding carboxylic acids is 1. The summed E-state index contributed by atoms with van der Waals surface area (Å²) in [6.45, 7) is 2.76. The zero-order valence-electron chi connectivity index (χ0n) is 10.0. The van der Waals surface area contributed by atoms with Gasteiger partial charge in [0.2, 0.25) is 0 Å². The van der Waals surface area contributed by atoms with Crippen LogP contribution in [0.25, 0.3) is 0 Å². The molecule has 4 nitrogen and oxygen atoms in total. The van der Waals surface area contributed by atoms with E-state index >= 15 is 0 Å². The molecule has 0 aliphatic carbocycles. The van der Waals surface area contributed by atoms with Crippen molar-refractivity contribution in [1.29, 1.82) is 0 Å². The number of nitrogens with one attached hydrogen (secondary N) is 2. The predicted octanol–water partition coefficient (Wildman–Crippen LogP) is 3.38.